The van der Waals surface area contributed by atoms with Crippen molar-refractivity contribution in [3.05, 3.63) is 86.6 Å². The summed E-state index contributed by atoms with van der Waals surface area (Å²) in [4.78, 5) is 39.0. The monoisotopic (exact) mass is 459 g/mol. The fourth-order valence-corrected chi connectivity index (χ4v) is 5.42. The van der Waals surface area contributed by atoms with Crippen LogP contribution in [0.25, 0.3) is 22.1 Å². The van der Waals surface area contributed by atoms with E-state index >= 15 is 0 Å². The van der Waals surface area contributed by atoms with Gasteiger partial charge in [0.1, 0.15) is 10.6 Å². The average molecular weight is 460 g/mol. The summed E-state index contributed by atoms with van der Waals surface area (Å²) in [5, 5.41) is 4.24. The third-order valence-corrected chi connectivity index (χ3v) is 6.93. The van der Waals surface area contributed by atoms with Crippen LogP contribution in [0.2, 0.25) is 0 Å². The number of ether oxygens (including phenoxy) is 1. The average Bonchev–Trinajstić information content (AvgIpc) is 3.39. The maximum atomic E-state index is 12.9. The number of hydrogen-bond donors (Lipinski definition) is 1. The number of hydrogen-bond acceptors (Lipinski definition) is 6. The normalized spacial score (nSPS) is 12.5. The van der Waals surface area contributed by atoms with Crippen LogP contribution in [0.4, 0.5) is 5.00 Å². The van der Waals surface area contributed by atoms with Gasteiger partial charge in [-0.15, -0.1) is 11.3 Å². The molecule has 2 aromatic carbocycles. The van der Waals surface area contributed by atoms with Gasteiger partial charge in [-0.1, -0.05) is 30.3 Å². The molecule has 0 aliphatic heterocycles. The first-order chi connectivity index (χ1) is 16.0. The van der Waals surface area contributed by atoms with E-state index in [1.165, 1.54) is 11.3 Å². The Morgan fingerprint density at radius 3 is 2.67 bits per heavy atom. The Morgan fingerprint density at radius 2 is 1.88 bits per heavy atom. The number of benzene rings is 2. The van der Waals surface area contributed by atoms with Gasteiger partial charge < -0.3 is 14.5 Å². The fraction of sp³-hybridized carbons (Fsp3) is 0.192. The van der Waals surface area contributed by atoms with Crippen LogP contribution in [-0.4, -0.2) is 18.5 Å². The van der Waals surface area contributed by atoms with E-state index in [1.807, 2.05) is 18.2 Å². The molecule has 0 saturated carbocycles. The van der Waals surface area contributed by atoms with Gasteiger partial charge in [0.05, 0.1) is 17.7 Å². The second-order valence-corrected chi connectivity index (χ2v) is 8.90. The number of para-hydroxylation sites is 1. The van der Waals surface area contributed by atoms with E-state index in [-0.39, 0.29) is 12.5 Å². The number of carbonyl (C=O) groups is 2. The van der Waals surface area contributed by atoms with Crippen LogP contribution >= 0.6 is 11.3 Å². The minimum Gasteiger partial charge on any atom is -0.462 e. The molecule has 0 atom stereocenters. The molecule has 2 aromatic heterocycles. The maximum absolute atomic E-state index is 12.9. The highest BCUT2D eigenvalue weighted by molar-refractivity contribution is 7.17. The molecule has 0 spiro atoms. The zero-order valence-corrected chi connectivity index (χ0v) is 18.8. The Morgan fingerprint density at radius 1 is 1.09 bits per heavy atom. The van der Waals surface area contributed by atoms with Gasteiger partial charge in [0.25, 0.3) is 5.91 Å². The van der Waals surface area contributed by atoms with Crippen molar-refractivity contribution in [1.82, 2.24) is 0 Å². The number of thiophene rings is 1. The van der Waals surface area contributed by atoms with Crippen LogP contribution in [0.15, 0.2) is 63.8 Å². The lowest BCUT2D eigenvalue weighted by Gasteiger charge is -2.09. The van der Waals surface area contributed by atoms with Crippen molar-refractivity contribution in [3.63, 3.8) is 0 Å². The molecule has 0 unspecified atom stereocenters. The Kier molecular flexibility index (Phi) is 5.56. The second kappa shape index (κ2) is 8.67. The quantitative estimate of drug-likeness (QED) is 0.317. The number of nitrogens with one attached hydrogen (secondary N) is 1. The molecule has 1 aliphatic rings. The summed E-state index contributed by atoms with van der Waals surface area (Å²) in [7, 11) is 0. The molecule has 7 heteroatoms. The lowest BCUT2D eigenvalue weighted by molar-refractivity contribution is 0.0527. The number of anilines is 1. The summed E-state index contributed by atoms with van der Waals surface area (Å²) in [6, 6.07) is 15.9. The molecule has 1 N–H and O–H groups in total. The van der Waals surface area contributed by atoms with Gasteiger partial charge in [-0.2, -0.15) is 0 Å². The maximum Gasteiger partial charge on any atom is 0.344 e. The topological polar surface area (TPSA) is 85.6 Å². The highest BCUT2D eigenvalue weighted by Crippen LogP contribution is 2.39. The number of carbonyl (C=O) groups excluding carboxylic acids is 2. The number of esters is 1. The van der Waals surface area contributed by atoms with E-state index in [4.69, 9.17) is 9.15 Å². The number of amides is 1. The van der Waals surface area contributed by atoms with Crippen molar-refractivity contribution in [2.75, 3.05) is 11.9 Å². The third kappa shape index (κ3) is 3.96. The standard InChI is InChI=1S/C26H21NO5S/c1-2-31-26(30)22-18-7-5-9-21(18)33-24(22)27-23(28)16-12-10-15(11-13-16)19-14-17-6-3-4-8-20(17)32-25(19)29/h3-4,6,8,10-14H,2,5,7,9H2,1H3,(H,27,28). The molecular formula is C26H21NO5S. The van der Waals surface area contributed by atoms with Crippen molar-refractivity contribution in [2.45, 2.75) is 26.2 Å². The van der Waals surface area contributed by atoms with Gasteiger partial charge in [0, 0.05) is 15.8 Å². The molecular weight excluding hydrogens is 438 g/mol. The van der Waals surface area contributed by atoms with Crippen LogP contribution < -0.4 is 10.9 Å². The minimum absolute atomic E-state index is 0.279. The molecule has 0 radical (unpaired) electrons. The first kappa shape index (κ1) is 21.2. The summed E-state index contributed by atoms with van der Waals surface area (Å²) in [5.41, 5.74) is 3.08. The molecule has 0 bridgehead atoms. The zero-order chi connectivity index (χ0) is 22.9. The number of fused-ring (bicyclic) bond motifs is 2. The van der Waals surface area contributed by atoms with Crippen molar-refractivity contribution in [2.24, 2.45) is 0 Å². The van der Waals surface area contributed by atoms with Gasteiger partial charge in [-0.25, -0.2) is 9.59 Å². The Hall–Kier alpha value is -3.71. The Bertz CT molecular complexity index is 1430. The van der Waals surface area contributed by atoms with Gasteiger partial charge >= 0.3 is 11.6 Å². The van der Waals surface area contributed by atoms with Crippen molar-refractivity contribution < 1.29 is 18.7 Å². The molecule has 5 rings (SSSR count). The fourth-order valence-electron chi connectivity index (χ4n) is 4.15. The molecule has 0 saturated heterocycles. The molecule has 4 aromatic rings. The van der Waals surface area contributed by atoms with Crippen molar-refractivity contribution >= 4 is 39.2 Å². The first-order valence-electron chi connectivity index (χ1n) is 10.8. The van der Waals surface area contributed by atoms with Gasteiger partial charge in [-0.3, -0.25) is 4.79 Å². The SMILES string of the molecule is CCOC(=O)c1c(NC(=O)c2ccc(-c3cc4ccccc4oc3=O)cc2)sc2c1CCC2. The molecule has 166 valence electrons. The highest BCUT2D eigenvalue weighted by Gasteiger charge is 2.28. The van der Waals surface area contributed by atoms with Crippen LogP contribution in [-0.2, 0) is 17.6 Å². The molecule has 33 heavy (non-hydrogen) atoms. The molecule has 6 nitrogen and oxygen atoms in total. The van der Waals surface area contributed by atoms with Crippen LogP contribution in [0, 0.1) is 0 Å². The smallest absolute Gasteiger partial charge is 0.344 e. The molecule has 1 amide bonds. The Balaban J connectivity index is 1.41. The van der Waals surface area contributed by atoms with Gasteiger partial charge in [0.2, 0.25) is 0 Å². The minimum atomic E-state index is -0.432. The van der Waals surface area contributed by atoms with E-state index in [1.54, 1.807) is 43.3 Å². The highest BCUT2D eigenvalue weighted by atomic mass is 32.1. The van der Waals surface area contributed by atoms with E-state index in [0.717, 1.165) is 35.1 Å². The molecule has 2 heterocycles. The van der Waals surface area contributed by atoms with E-state index in [9.17, 15) is 14.4 Å². The van der Waals surface area contributed by atoms with E-state index in [2.05, 4.69) is 5.32 Å². The van der Waals surface area contributed by atoms with Crippen molar-refractivity contribution in [1.29, 1.82) is 0 Å². The van der Waals surface area contributed by atoms with Crippen LogP contribution in [0.5, 0.6) is 0 Å². The van der Waals surface area contributed by atoms with Crippen LogP contribution in [0.3, 0.4) is 0 Å². The predicted molar refractivity (Wildman–Crippen MR) is 128 cm³/mol. The van der Waals surface area contributed by atoms with E-state index in [0.29, 0.717) is 32.8 Å². The van der Waals surface area contributed by atoms with Crippen molar-refractivity contribution in [3.8, 4) is 11.1 Å². The van der Waals surface area contributed by atoms with E-state index < -0.39 is 11.6 Å². The molecule has 0 fully saturated rings. The summed E-state index contributed by atoms with van der Waals surface area (Å²) in [5.74, 6) is -0.719. The summed E-state index contributed by atoms with van der Waals surface area (Å²) < 4.78 is 10.6. The zero-order valence-electron chi connectivity index (χ0n) is 18.0. The number of aryl methyl sites for hydroxylation is 1. The number of rotatable bonds is 5. The lowest BCUT2D eigenvalue weighted by atomic mass is 10.0. The van der Waals surface area contributed by atoms with Gasteiger partial charge in [0.15, 0.2) is 0 Å². The van der Waals surface area contributed by atoms with Gasteiger partial charge in [-0.05, 0) is 61.6 Å². The van der Waals surface area contributed by atoms with Crippen LogP contribution in [0.1, 0.15) is 44.5 Å². The summed E-state index contributed by atoms with van der Waals surface area (Å²) in [6.45, 7) is 2.04. The third-order valence-electron chi connectivity index (χ3n) is 5.73. The summed E-state index contributed by atoms with van der Waals surface area (Å²) in [6.07, 6.45) is 2.73. The molecule has 1 aliphatic carbocycles. The Labute approximate surface area is 193 Å². The lowest BCUT2D eigenvalue weighted by Crippen LogP contribution is -2.15. The second-order valence-electron chi connectivity index (χ2n) is 7.80. The first-order valence-corrected chi connectivity index (χ1v) is 11.6. The summed E-state index contributed by atoms with van der Waals surface area (Å²) >= 11 is 1.44. The predicted octanol–water partition coefficient (Wildman–Crippen LogP) is 5.44. The largest absolute Gasteiger partial charge is 0.462 e.